The Labute approximate surface area is 159 Å². The Balaban J connectivity index is 1.64. The van der Waals surface area contributed by atoms with E-state index in [4.69, 9.17) is 14.6 Å². The van der Waals surface area contributed by atoms with Gasteiger partial charge in [-0.05, 0) is 55.2 Å². The van der Waals surface area contributed by atoms with E-state index in [9.17, 15) is 4.79 Å². The normalized spacial score (nSPS) is 13.7. The molecule has 1 saturated carbocycles. The number of hydrogen-bond acceptors (Lipinski definition) is 3. The Morgan fingerprint density at radius 3 is 2.81 bits per heavy atom. The summed E-state index contributed by atoms with van der Waals surface area (Å²) in [6.45, 7) is 1.39. The average molecular weight is 416 g/mol. The molecule has 2 aromatic carbocycles. The lowest BCUT2D eigenvalue weighted by molar-refractivity contribution is 0.145. The van der Waals surface area contributed by atoms with Crippen molar-refractivity contribution in [1.82, 2.24) is 4.57 Å². The SMILES string of the molecule is O=C(O)Oc1cccc2c1ccn2Cc1cc(Br)ccc1OCC1CC1. The summed E-state index contributed by atoms with van der Waals surface area (Å²) in [6, 6.07) is 13.3. The third-order valence-corrected chi connectivity index (χ3v) is 5.00. The van der Waals surface area contributed by atoms with E-state index < -0.39 is 6.16 Å². The maximum absolute atomic E-state index is 10.9. The summed E-state index contributed by atoms with van der Waals surface area (Å²) in [5, 5.41) is 9.66. The van der Waals surface area contributed by atoms with Crippen molar-refractivity contribution in [3.8, 4) is 11.5 Å². The lowest BCUT2D eigenvalue weighted by Crippen LogP contribution is -2.05. The second-order valence-electron chi connectivity index (χ2n) is 6.51. The first-order valence-corrected chi connectivity index (χ1v) is 9.29. The molecule has 1 aromatic heterocycles. The molecule has 134 valence electrons. The van der Waals surface area contributed by atoms with Crippen molar-refractivity contribution < 1.29 is 19.4 Å². The van der Waals surface area contributed by atoms with Crippen LogP contribution in [0.2, 0.25) is 0 Å². The van der Waals surface area contributed by atoms with Crippen LogP contribution in [-0.4, -0.2) is 22.4 Å². The van der Waals surface area contributed by atoms with E-state index in [0.717, 1.165) is 33.3 Å². The molecule has 1 fully saturated rings. The molecule has 5 nitrogen and oxygen atoms in total. The zero-order valence-electron chi connectivity index (χ0n) is 14.0. The van der Waals surface area contributed by atoms with E-state index in [-0.39, 0.29) is 0 Å². The van der Waals surface area contributed by atoms with E-state index in [0.29, 0.717) is 18.2 Å². The fourth-order valence-electron chi connectivity index (χ4n) is 3.00. The molecule has 1 aliphatic carbocycles. The molecule has 26 heavy (non-hydrogen) atoms. The Kier molecular flexibility index (Phi) is 4.59. The Morgan fingerprint density at radius 2 is 2.04 bits per heavy atom. The highest BCUT2D eigenvalue weighted by molar-refractivity contribution is 9.10. The van der Waals surface area contributed by atoms with Crippen LogP contribution in [-0.2, 0) is 6.54 Å². The topological polar surface area (TPSA) is 60.7 Å². The van der Waals surface area contributed by atoms with Gasteiger partial charge in [0.25, 0.3) is 0 Å². The lowest BCUT2D eigenvalue weighted by atomic mass is 10.2. The second kappa shape index (κ2) is 7.03. The van der Waals surface area contributed by atoms with Crippen LogP contribution >= 0.6 is 15.9 Å². The predicted octanol–water partition coefficient (Wildman–Crippen LogP) is 5.30. The van der Waals surface area contributed by atoms with Crippen molar-refractivity contribution in [2.24, 2.45) is 5.92 Å². The molecule has 0 aliphatic heterocycles. The molecule has 0 saturated heterocycles. The number of carbonyl (C=O) groups is 1. The molecule has 0 amide bonds. The van der Waals surface area contributed by atoms with E-state index in [1.165, 1.54) is 12.8 Å². The standard InChI is InChI=1S/C20H18BrNO4/c21-15-6-7-18(25-12-13-4-5-13)14(10-15)11-22-9-8-16-17(22)2-1-3-19(16)26-20(23)24/h1-3,6-10,13H,4-5,11-12H2,(H,23,24). The van der Waals surface area contributed by atoms with Gasteiger partial charge in [0.15, 0.2) is 0 Å². The van der Waals surface area contributed by atoms with Crippen LogP contribution in [0.25, 0.3) is 10.9 Å². The molecule has 1 N–H and O–H groups in total. The number of nitrogens with zero attached hydrogens (tertiary/aromatic N) is 1. The van der Waals surface area contributed by atoms with Crippen molar-refractivity contribution >= 4 is 33.0 Å². The highest BCUT2D eigenvalue weighted by Gasteiger charge is 2.22. The van der Waals surface area contributed by atoms with E-state index in [1.54, 1.807) is 12.1 Å². The van der Waals surface area contributed by atoms with Crippen LogP contribution in [0, 0.1) is 5.92 Å². The summed E-state index contributed by atoms with van der Waals surface area (Å²) in [5.41, 5.74) is 1.99. The maximum atomic E-state index is 10.9. The Bertz CT molecular complexity index is 962. The molecule has 0 bridgehead atoms. The van der Waals surface area contributed by atoms with E-state index >= 15 is 0 Å². The van der Waals surface area contributed by atoms with E-state index in [1.807, 2.05) is 30.5 Å². The van der Waals surface area contributed by atoms with Crippen molar-refractivity contribution in [2.75, 3.05) is 6.61 Å². The van der Waals surface area contributed by atoms with Crippen LogP contribution in [0.4, 0.5) is 4.79 Å². The highest BCUT2D eigenvalue weighted by Crippen LogP contribution is 2.32. The van der Waals surface area contributed by atoms with Gasteiger partial charge in [0.05, 0.1) is 18.7 Å². The Hall–Kier alpha value is -2.47. The smallest absolute Gasteiger partial charge is 0.493 e. The third-order valence-electron chi connectivity index (χ3n) is 4.51. The average Bonchev–Trinajstić information content (AvgIpc) is 3.34. The van der Waals surface area contributed by atoms with Gasteiger partial charge in [-0.2, -0.15) is 0 Å². The number of rotatable bonds is 6. The second-order valence-corrected chi connectivity index (χ2v) is 7.42. The lowest BCUT2D eigenvalue weighted by Gasteiger charge is -2.13. The minimum atomic E-state index is -1.31. The van der Waals surface area contributed by atoms with Crippen molar-refractivity contribution in [3.63, 3.8) is 0 Å². The maximum Gasteiger partial charge on any atom is 0.511 e. The predicted molar refractivity (Wildman–Crippen MR) is 102 cm³/mol. The number of fused-ring (bicyclic) bond motifs is 1. The Morgan fingerprint density at radius 1 is 1.19 bits per heavy atom. The third kappa shape index (κ3) is 3.70. The molecule has 0 radical (unpaired) electrons. The fourth-order valence-corrected chi connectivity index (χ4v) is 3.41. The van der Waals surface area contributed by atoms with Crippen molar-refractivity contribution in [2.45, 2.75) is 19.4 Å². The minimum Gasteiger partial charge on any atom is -0.493 e. The first-order chi connectivity index (χ1) is 12.6. The molecule has 3 aromatic rings. The monoisotopic (exact) mass is 415 g/mol. The van der Waals surface area contributed by atoms with Crippen LogP contribution < -0.4 is 9.47 Å². The van der Waals surface area contributed by atoms with Crippen LogP contribution in [0.1, 0.15) is 18.4 Å². The molecular formula is C20H18BrNO4. The molecule has 6 heteroatoms. The van der Waals surface area contributed by atoms with Gasteiger partial charge < -0.3 is 19.1 Å². The molecule has 0 atom stereocenters. The van der Waals surface area contributed by atoms with Gasteiger partial charge in [0, 0.05) is 21.6 Å². The summed E-state index contributed by atoms with van der Waals surface area (Å²) in [7, 11) is 0. The highest BCUT2D eigenvalue weighted by atomic mass is 79.9. The molecule has 0 unspecified atom stereocenters. The van der Waals surface area contributed by atoms with Crippen LogP contribution in [0.5, 0.6) is 11.5 Å². The van der Waals surface area contributed by atoms with Gasteiger partial charge in [-0.1, -0.05) is 22.0 Å². The number of carboxylic acid groups (broad SMARTS) is 1. The fraction of sp³-hybridized carbons (Fsp3) is 0.250. The molecule has 1 heterocycles. The largest absolute Gasteiger partial charge is 0.511 e. The number of benzene rings is 2. The van der Waals surface area contributed by atoms with Crippen LogP contribution in [0.3, 0.4) is 0 Å². The van der Waals surface area contributed by atoms with Gasteiger partial charge >= 0.3 is 6.16 Å². The summed E-state index contributed by atoms with van der Waals surface area (Å²) in [4.78, 5) is 10.9. The first kappa shape index (κ1) is 17.0. The molecule has 0 spiro atoms. The van der Waals surface area contributed by atoms with Gasteiger partial charge in [-0.15, -0.1) is 0 Å². The zero-order chi connectivity index (χ0) is 18.1. The molecule has 1 aliphatic rings. The van der Waals surface area contributed by atoms with Crippen molar-refractivity contribution in [1.29, 1.82) is 0 Å². The molecular weight excluding hydrogens is 398 g/mol. The minimum absolute atomic E-state index is 0.341. The van der Waals surface area contributed by atoms with Gasteiger partial charge in [-0.3, -0.25) is 0 Å². The summed E-state index contributed by atoms with van der Waals surface area (Å²) in [5.74, 6) is 1.92. The summed E-state index contributed by atoms with van der Waals surface area (Å²) in [6.07, 6.45) is 3.12. The number of ether oxygens (including phenoxy) is 2. The zero-order valence-corrected chi connectivity index (χ0v) is 15.6. The molecule has 4 rings (SSSR count). The first-order valence-electron chi connectivity index (χ1n) is 8.50. The number of hydrogen-bond donors (Lipinski definition) is 1. The van der Waals surface area contributed by atoms with Crippen molar-refractivity contribution in [3.05, 3.63) is 58.7 Å². The van der Waals surface area contributed by atoms with Gasteiger partial charge in [0.1, 0.15) is 11.5 Å². The quantitative estimate of drug-likeness (QED) is 0.438. The van der Waals surface area contributed by atoms with Crippen LogP contribution in [0.15, 0.2) is 53.1 Å². The summed E-state index contributed by atoms with van der Waals surface area (Å²) < 4.78 is 14.0. The van der Waals surface area contributed by atoms with Gasteiger partial charge in [0.2, 0.25) is 0 Å². The number of aromatic nitrogens is 1. The van der Waals surface area contributed by atoms with Gasteiger partial charge in [-0.25, -0.2) is 4.79 Å². The summed E-state index contributed by atoms with van der Waals surface area (Å²) >= 11 is 3.53. The van der Waals surface area contributed by atoms with E-state index in [2.05, 4.69) is 26.6 Å². The number of halogens is 1.